The Balaban J connectivity index is 2.22. The summed E-state index contributed by atoms with van der Waals surface area (Å²) in [6, 6.07) is 6.38. The molecule has 1 amide bonds. The van der Waals surface area contributed by atoms with E-state index in [0.29, 0.717) is 6.04 Å². The SMILES string of the molecule is CCNc1cc(C)ccc1C(=O)N(C)C1CCSC1. The summed E-state index contributed by atoms with van der Waals surface area (Å²) in [6.07, 6.45) is 1.11. The topological polar surface area (TPSA) is 32.3 Å². The molecule has 1 N–H and O–H groups in total. The van der Waals surface area contributed by atoms with Crippen molar-refractivity contribution >= 4 is 23.4 Å². The number of nitrogens with one attached hydrogen (secondary N) is 1. The van der Waals surface area contributed by atoms with E-state index in [1.807, 2.05) is 55.8 Å². The second kappa shape index (κ2) is 6.33. The molecule has 2 rings (SSSR count). The van der Waals surface area contributed by atoms with Gasteiger partial charge in [-0.2, -0.15) is 11.8 Å². The van der Waals surface area contributed by atoms with Crippen molar-refractivity contribution in [2.75, 3.05) is 30.4 Å². The first-order valence-corrected chi connectivity index (χ1v) is 7.98. The third-order valence-corrected chi connectivity index (χ3v) is 4.69. The molecular formula is C15H22N2OS. The number of rotatable bonds is 4. The minimum atomic E-state index is 0.128. The van der Waals surface area contributed by atoms with Crippen LogP contribution in [0.15, 0.2) is 18.2 Å². The van der Waals surface area contributed by atoms with Crippen LogP contribution >= 0.6 is 11.8 Å². The Morgan fingerprint density at radius 2 is 2.32 bits per heavy atom. The normalized spacial score (nSPS) is 18.4. The van der Waals surface area contributed by atoms with Crippen LogP contribution in [0.3, 0.4) is 0 Å². The van der Waals surface area contributed by atoms with Gasteiger partial charge in [0.1, 0.15) is 0 Å². The van der Waals surface area contributed by atoms with E-state index in [1.165, 1.54) is 5.56 Å². The molecule has 4 heteroatoms. The molecule has 0 spiro atoms. The smallest absolute Gasteiger partial charge is 0.255 e. The number of carbonyl (C=O) groups excluding carboxylic acids is 1. The van der Waals surface area contributed by atoms with Gasteiger partial charge in [-0.3, -0.25) is 4.79 Å². The molecule has 1 aliphatic rings. The van der Waals surface area contributed by atoms with Crippen LogP contribution in [0.2, 0.25) is 0 Å². The van der Waals surface area contributed by atoms with Gasteiger partial charge in [0.2, 0.25) is 0 Å². The molecule has 1 saturated heterocycles. The van der Waals surface area contributed by atoms with E-state index in [2.05, 4.69) is 5.32 Å². The number of hydrogen-bond donors (Lipinski definition) is 1. The van der Waals surface area contributed by atoms with Gasteiger partial charge in [0, 0.05) is 31.1 Å². The van der Waals surface area contributed by atoms with E-state index in [9.17, 15) is 4.79 Å². The predicted octanol–water partition coefficient (Wildman–Crippen LogP) is 3.00. The van der Waals surface area contributed by atoms with Gasteiger partial charge in [0.25, 0.3) is 5.91 Å². The van der Waals surface area contributed by atoms with Crippen molar-refractivity contribution < 1.29 is 4.79 Å². The summed E-state index contributed by atoms with van der Waals surface area (Å²) in [5, 5.41) is 3.29. The molecule has 0 aliphatic carbocycles. The second-order valence-electron chi connectivity index (χ2n) is 5.01. The minimum Gasteiger partial charge on any atom is -0.385 e. The molecule has 1 aromatic carbocycles. The molecule has 1 unspecified atom stereocenters. The molecule has 1 aliphatic heterocycles. The lowest BCUT2D eigenvalue weighted by Gasteiger charge is -2.25. The molecule has 104 valence electrons. The van der Waals surface area contributed by atoms with Crippen LogP contribution in [-0.2, 0) is 0 Å². The fourth-order valence-electron chi connectivity index (χ4n) is 2.36. The molecule has 0 radical (unpaired) electrons. The fourth-order valence-corrected chi connectivity index (χ4v) is 3.63. The third-order valence-electron chi connectivity index (χ3n) is 3.55. The van der Waals surface area contributed by atoms with E-state index in [-0.39, 0.29) is 5.91 Å². The molecular weight excluding hydrogens is 256 g/mol. The summed E-state index contributed by atoms with van der Waals surface area (Å²) >= 11 is 1.93. The summed E-state index contributed by atoms with van der Waals surface area (Å²) in [5.41, 5.74) is 2.91. The first-order chi connectivity index (χ1) is 9.13. The van der Waals surface area contributed by atoms with Crippen molar-refractivity contribution in [1.82, 2.24) is 4.90 Å². The molecule has 0 aromatic heterocycles. The maximum atomic E-state index is 12.6. The van der Waals surface area contributed by atoms with E-state index in [1.54, 1.807) is 0 Å². The van der Waals surface area contributed by atoms with Gasteiger partial charge in [0.05, 0.1) is 5.56 Å². The number of anilines is 1. The fraction of sp³-hybridized carbons (Fsp3) is 0.533. The predicted molar refractivity (Wildman–Crippen MR) is 83.2 cm³/mol. The van der Waals surface area contributed by atoms with E-state index in [4.69, 9.17) is 0 Å². The van der Waals surface area contributed by atoms with Gasteiger partial charge in [-0.25, -0.2) is 0 Å². The Kier molecular flexibility index (Phi) is 4.75. The average Bonchev–Trinajstić information content (AvgIpc) is 2.91. The first-order valence-electron chi connectivity index (χ1n) is 6.83. The monoisotopic (exact) mass is 278 g/mol. The Bertz CT molecular complexity index is 455. The van der Waals surface area contributed by atoms with Crippen LogP contribution < -0.4 is 5.32 Å². The van der Waals surface area contributed by atoms with Crippen molar-refractivity contribution in [2.24, 2.45) is 0 Å². The highest BCUT2D eigenvalue weighted by molar-refractivity contribution is 7.99. The number of benzene rings is 1. The Hall–Kier alpha value is -1.16. The highest BCUT2D eigenvalue weighted by atomic mass is 32.2. The minimum absolute atomic E-state index is 0.128. The summed E-state index contributed by atoms with van der Waals surface area (Å²) in [7, 11) is 1.93. The van der Waals surface area contributed by atoms with Crippen LogP contribution in [0.5, 0.6) is 0 Å². The number of nitrogens with zero attached hydrogens (tertiary/aromatic N) is 1. The highest BCUT2D eigenvalue weighted by Gasteiger charge is 2.25. The standard InChI is InChI=1S/C15H22N2OS/c1-4-16-14-9-11(2)5-6-13(14)15(18)17(3)12-7-8-19-10-12/h5-6,9,12,16H,4,7-8,10H2,1-3H3. The lowest BCUT2D eigenvalue weighted by molar-refractivity contribution is 0.0749. The van der Waals surface area contributed by atoms with Crippen LogP contribution in [0.1, 0.15) is 29.3 Å². The zero-order chi connectivity index (χ0) is 13.8. The zero-order valence-corrected chi connectivity index (χ0v) is 12.7. The molecule has 0 bridgehead atoms. The number of hydrogen-bond acceptors (Lipinski definition) is 3. The lowest BCUT2D eigenvalue weighted by atomic mass is 10.1. The Morgan fingerprint density at radius 3 is 2.95 bits per heavy atom. The van der Waals surface area contributed by atoms with Gasteiger partial charge < -0.3 is 10.2 Å². The van der Waals surface area contributed by atoms with Crippen molar-refractivity contribution in [3.05, 3.63) is 29.3 Å². The second-order valence-corrected chi connectivity index (χ2v) is 6.16. The Morgan fingerprint density at radius 1 is 1.53 bits per heavy atom. The number of amides is 1. The third kappa shape index (κ3) is 3.24. The van der Waals surface area contributed by atoms with Gasteiger partial charge in [-0.1, -0.05) is 6.07 Å². The lowest BCUT2D eigenvalue weighted by Crippen LogP contribution is -2.37. The van der Waals surface area contributed by atoms with E-state index >= 15 is 0 Å². The van der Waals surface area contributed by atoms with E-state index in [0.717, 1.165) is 35.7 Å². The average molecular weight is 278 g/mol. The molecule has 3 nitrogen and oxygen atoms in total. The quantitative estimate of drug-likeness (QED) is 0.919. The van der Waals surface area contributed by atoms with Gasteiger partial charge in [-0.15, -0.1) is 0 Å². The summed E-state index contributed by atoms with van der Waals surface area (Å²) in [5.74, 6) is 2.35. The van der Waals surface area contributed by atoms with Crippen LogP contribution in [0.4, 0.5) is 5.69 Å². The van der Waals surface area contributed by atoms with Crippen LogP contribution in [0, 0.1) is 6.92 Å². The molecule has 1 heterocycles. The molecule has 1 fully saturated rings. The van der Waals surface area contributed by atoms with Crippen LogP contribution in [0.25, 0.3) is 0 Å². The zero-order valence-electron chi connectivity index (χ0n) is 11.9. The maximum Gasteiger partial charge on any atom is 0.255 e. The summed E-state index contributed by atoms with van der Waals surface area (Å²) in [6.45, 7) is 4.92. The van der Waals surface area contributed by atoms with Crippen molar-refractivity contribution in [2.45, 2.75) is 26.3 Å². The first kappa shape index (κ1) is 14.3. The van der Waals surface area contributed by atoms with Crippen LogP contribution in [-0.4, -0.2) is 41.9 Å². The van der Waals surface area contributed by atoms with E-state index < -0.39 is 0 Å². The van der Waals surface area contributed by atoms with Gasteiger partial charge >= 0.3 is 0 Å². The summed E-state index contributed by atoms with van der Waals surface area (Å²) in [4.78, 5) is 14.5. The molecule has 0 saturated carbocycles. The number of carbonyl (C=O) groups is 1. The van der Waals surface area contributed by atoms with Crippen molar-refractivity contribution in [1.29, 1.82) is 0 Å². The largest absolute Gasteiger partial charge is 0.385 e. The van der Waals surface area contributed by atoms with Crippen molar-refractivity contribution in [3.8, 4) is 0 Å². The number of aryl methyl sites for hydroxylation is 1. The number of thioether (sulfide) groups is 1. The Labute approximate surface area is 119 Å². The summed E-state index contributed by atoms with van der Waals surface area (Å²) < 4.78 is 0. The van der Waals surface area contributed by atoms with Gasteiger partial charge in [0.15, 0.2) is 0 Å². The van der Waals surface area contributed by atoms with Gasteiger partial charge in [-0.05, 0) is 43.7 Å². The molecule has 19 heavy (non-hydrogen) atoms. The molecule has 1 atom stereocenters. The van der Waals surface area contributed by atoms with Crippen molar-refractivity contribution in [3.63, 3.8) is 0 Å². The maximum absolute atomic E-state index is 12.6. The molecule has 1 aromatic rings. The highest BCUT2D eigenvalue weighted by Crippen LogP contribution is 2.25.